The second-order valence-electron chi connectivity index (χ2n) is 2.83. The van der Waals surface area contributed by atoms with E-state index in [4.69, 9.17) is 0 Å². The predicted octanol–water partition coefficient (Wildman–Crippen LogP) is -1.98. The van der Waals surface area contributed by atoms with E-state index in [0.717, 1.165) is 26.2 Å². The fourth-order valence-corrected chi connectivity index (χ4v) is 0.899. The summed E-state index contributed by atoms with van der Waals surface area (Å²) in [7, 11) is 0. The second kappa shape index (κ2) is 2.84. The lowest BCUT2D eigenvalue weighted by Crippen LogP contribution is -2.32. The van der Waals surface area contributed by atoms with Gasteiger partial charge in [-0.1, -0.05) is 0 Å². The van der Waals surface area contributed by atoms with Gasteiger partial charge in [-0.15, -0.1) is 0 Å². The van der Waals surface area contributed by atoms with Crippen LogP contribution in [0.15, 0.2) is 0 Å². The van der Waals surface area contributed by atoms with Crippen LogP contribution in [0.4, 0.5) is 0 Å². The first-order valence-corrected chi connectivity index (χ1v) is 3.89. The van der Waals surface area contributed by atoms with Gasteiger partial charge in [-0.3, -0.25) is 21.3 Å². The molecule has 2 unspecified atom stereocenters. The Labute approximate surface area is 60.8 Å². The maximum atomic E-state index is 3.34. The van der Waals surface area contributed by atoms with E-state index in [0.29, 0.717) is 12.3 Å². The summed E-state index contributed by atoms with van der Waals surface area (Å²) in [6.07, 6.45) is 1.21. The third-order valence-electron chi connectivity index (χ3n) is 1.72. The van der Waals surface area contributed by atoms with Crippen molar-refractivity contribution in [3.8, 4) is 0 Å². The highest BCUT2D eigenvalue weighted by Gasteiger charge is 2.20. The van der Waals surface area contributed by atoms with Crippen molar-refractivity contribution >= 4 is 0 Å². The molecule has 2 aliphatic rings. The Balaban J connectivity index is 1.40. The monoisotopic (exact) mass is 142 g/mol. The van der Waals surface area contributed by atoms with Crippen molar-refractivity contribution in [3.63, 3.8) is 0 Å². The molecule has 2 atom stereocenters. The van der Waals surface area contributed by atoms with Crippen LogP contribution in [0.2, 0.25) is 0 Å². The molecule has 2 rings (SSSR count). The van der Waals surface area contributed by atoms with E-state index in [1.54, 1.807) is 0 Å². The van der Waals surface area contributed by atoms with Crippen LogP contribution >= 0.6 is 0 Å². The smallest absolute Gasteiger partial charge is 0.0702 e. The molecule has 4 heteroatoms. The van der Waals surface area contributed by atoms with E-state index >= 15 is 0 Å². The van der Waals surface area contributed by atoms with Crippen molar-refractivity contribution in [3.05, 3.63) is 0 Å². The van der Waals surface area contributed by atoms with Gasteiger partial charge < -0.3 is 0 Å². The van der Waals surface area contributed by atoms with E-state index in [1.165, 1.54) is 0 Å². The molecule has 0 spiro atoms. The molecule has 4 N–H and O–H groups in total. The van der Waals surface area contributed by atoms with Gasteiger partial charge in [-0.2, -0.15) is 0 Å². The molecule has 0 aromatic carbocycles. The first kappa shape index (κ1) is 6.54. The van der Waals surface area contributed by atoms with Crippen LogP contribution in [-0.4, -0.2) is 38.5 Å². The van der Waals surface area contributed by atoms with Gasteiger partial charge in [0.05, 0.1) is 12.3 Å². The normalized spacial score (nSPS) is 36.0. The van der Waals surface area contributed by atoms with Crippen LogP contribution in [0.1, 0.15) is 0 Å². The highest BCUT2D eigenvalue weighted by Crippen LogP contribution is 1.90. The zero-order valence-electron chi connectivity index (χ0n) is 5.98. The third kappa shape index (κ3) is 2.22. The van der Waals surface area contributed by atoms with Crippen LogP contribution in [0, 0.1) is 0 Å². The highest BCUT2D eigenvalue weighted by molar-refractivity contribution is 4.83. The van der Waals surface area contributed by atoms with E-state index in [-0.39, 0.29) is 0 Å². The summed E-state index contributed by atoms with van der Waals surface area (Å²) in [6.45, 7) is 4.41. The summed E-state index contributed by atoms with van der Waals surface area (Å²) in [5, 5.41) is 13.0. The SMILES string of the molecule is C(CNC1CN1)NC1CN1. The summed E-state index contributed by atoms with van der Waals surface area (Å²) in [5.74, 6) is 0. The quantitative estimate of drug-likeness (QED) is 0.265. The second-order valence-corrected chi connectivity index (χ2v) is 2.83. The lowest BCUT2D eigenvalue weighted by Gasteiger charge is -2.01. The van der Waals surface area contributed by atoms with Gasteiger partial charge in [0.25, 0.3) is 0 Å². The van der Waals surface area contributed by atoms with Gasteiger partial charge >= 0.3 is 0 Å². The fourth-order valence-electron chi connectivity index (χ4n) is 0.899. The Morgan fingerprint density at radius 2 is 1.40 bits per heavy atom. The zero-order valence-corrected chi connectivity index (χ0v) is 5.98. The van der Waals surface area contributed by atoms with Gasteiger partial charge in [-0.05, 0) is 0 Å². The minimum atomic E-state index is 0.606. The van der Waals surface area contributed by atoms with Crippen LogP contribution in [-0.2, 0) is 0 Å². The molecule has 0 bridgehead atoms. The molecule has 0 aromatic heterocycles. The van der Waals surface area contributed by atoms with Crippen molar-refractivity contribution in [1.29, 1.82) is 0 Å². The van der Waals surface area contributed by atoms with Gasteiger partial charge in [-0.25, -0.2) is 0 Å². The molecule has 58 valence electrons. The first-order valence-electron chi connectivity index (χ1n) is 3.89. The number of nitrogens with one attached hydrogen (secondary N) is 4. The molecule has 2 heterocycles. The highest BCUT2D eigenvalue weighted by atomic mass is 15.3. The lowest BCUT2D eigenvalue weighted by atomic mass is 10.5. The summed E-state index contributed by atoms with van der Waals surface area (Å²) in [6, 6.07) is 0. The Morgan fingerprint density at radius 3 is 1.70 bits per heavy atom. The Bertz CT molecular complexity index is 94.3. The first-order chi connectivity index (χ1) is 4.95. The average molecular weight is 142 g/mol. The van der Waals surface area contributed by atoms with Crippen molar-refractivity contribution in [1.82, 2.24) is 21.3 Å². The van der Waals surface area contributed by atoms with Gasteiger partial charge in [0, 0.05) is 26.2 Å². The van der Waals surface area contributed by atoms with Gasteiger partial charge in [0.15, 0.2) is 0 Å². The maximum absolute atomic E-state index is 3.34. The summed E-state index contributed by atoms with van der Waals surface area (Å²) >= 11 is 0. The molecule has 10 heavy (non-hydrogen) atoms. The van der Waals surface area contributed by atoms with E-state index < -0.39 is 0 Å². The van der Waals surface area contributed by atoms with Gasteiger partial charge in [0.1, 0.15) is 0 Å². The van der Waals surface area contributed by atoms with Crippen molar-refractivity contribution < 1.29 is 0 Å². The summed E-state index contributed by atoms with van der Waals surface area (Å²) in [4.78, 5) is 0. The molecule has 0 saturated carbocycles. The topological polar surface area (TPSA) is 67.9 Å². The molecule has 4 nitrogen and oxygen atoms in total. The number of rotatable bonds is 5. The molecule has 0 aromatic rings. The zero-order chi connectivity index (χ0) is 6.81. The summed E-state index contributed by atoms with van der Waals surface area (Å²) in [5.41, 5.74) is 0. The summed E-state index contributed by atoms with van der Waals surface area (Å²) < 4.78 is 0. The molecule has 0 aliphatic carbocycles. The van der Waals surface area contributed by atoms with Crippen molar-refractivity contribution in [2.24, 2.45) is 0 Å². The fraction of sp³-hybridized carbons (Fsp3) is 1.00. The Hall–Kier alpha value is -0.160. The molecule has 2 aliphatic heterocycles. The van der Waals surface area contributed by atoms with Crippen LogP contribution in [0.5, 0.6) is 0 Å². The van der Waals surface area contributed by atoms with E-state index in [2.05, 4.69) is 21.3 Å². The molecule has 0 radical (unpaired) electrons. The predicted molar refractivity (Wildman–Crippen MR) is 39.6 cm³/mol. The van der Waals surface area contributed by atoms with E-state index in [9.17, 15) is 0 Å². The van der Waals surface area contributed by atoms with Crippen molar-refractivity contribution in [2.45, 2.75) is 12.3 Å². The third-order valence-corrected chi connectivity index (χ3v) is 1.72. The van der Waals surface area contributed by atoms with Crippen LogP contribution < -0.4 is 21.3 Å². The maximum Gasteiger partial charge on any atom is 0.0702 e. The minimum Gasteiger partial charge on any atom is -0.300 e. The van der Waals surface area contributed by atoms with Crippen LogP contribution in [0.25, 0.3) is 0 Å². The minimum absolute atomic E-state index is 0.606. The lowest BCUT2D eigenvalue weighted by molar-refractivity contribution is 0.599. The molecule has 0 amide bonds. The van der Waals surface area contributed by atoms with Gasteiger partial charge in [0.2, 0.25) is 0 Å². The van der Waals surface area contributed by atoms with Crippen molar-refractivity contribution in [2.75, 3.05) is 26.2 Å². The number of hydrogen-bond donors (Lipinski definition) is 4. The number of hydrogen-bond acceptors (Lipinski definition) is 4. The Morgan fingerprint density at radius 1 is 1.00 bits per heavy atom. The van der Waals surface area contributed by atoms with Crippen LogP contribution in [0.3, 0.4) is 0 Å². The molecular weight excluding hydrogens is 128 g/mol. The molecule has 2 saturated heterocycles. The molecular formula is C6H14N4. The molecule has 2 fully saturated rings. The standard InChI is InChI=1S/C6H14N4/c1(7-5-3-9-5)2-8-6-4-10-6/h5-10H,1-4H2. The van der Waals surface area contributed by atoms with E-state index in [1.807, 2.05) is 0 Å². The average Bonchev–Trinajstić information content (AvgIpc) is 2.77. The largest absolute Gasteiger partial charge is 0.300 e. The Kier molecular flexibility index (Phi) is 1.86.